The maximum absolute atomic E-state index is 12.8. The highest BCUT2D eigenvalue weighted by Gasteiger charge is 2.19. The standard InChI is InChI=1S/C54H104O6/c1-6-8-9-10-11-12-13-14-15-16-17-18-19-20-24-29-34-39-44-52(55)58-47-51(60-54(57)46-41-36-31-26-27-32-37-42-49(3)4)48-59-53(56)45-40-35-30-25-22-21-23-28-33-38-43-50(5)7-2/h49-51H,6-48H2,1-5H3/t50?,51-/m0/s1. The van der Waals surface area contributed by atoms with Crippen LogP contribution in [0.25, 0.3) is 0 Å². The van der Waals surface area contributed by atoms with Crippen LogP contribution >= 0.6 is 0 Å². The second-order valence-electron chi connectivity index (χ2n) is 19.2. The fourth-order valence-electron chi connectivity index (χ4n) is 8.13. The topological polar surface area (TPSA) is 78.9 Å². The van der Waals surface area contributed by atoms with Gasteiger partial charge in [0.05, 0.1) is 0 Å². The number of esters is 3. The molecule has 0 aromatic rings. The van der Waals surface area contributed by atoms with Crippen LogP contribution < -0.4 is 0 Å². The molecule has 0 aliphatic rings. The quantitative estimate of drug-likeness (QED) is 0.0345. The summed E-state index contributed by atoms with van der Waals surface area (Å²) in [4.78, 5) is 37.9. The van der Waals surface area contributed by atoms with E-state index in [4.69, 9.17) is 14.2 Å². The molecule has 0 aromatic carbocycles. The number of hydrogen-bond donors (Lipinski definition) is 0. The predicted molar refractivity (Wildman–Crippen MR) is 256 cm³/mol. The van der Waals surface area contributed by atoms with Gasteiger partial charge in [0.2, 0.25) is 0 Å². The number of rotatable bonds is 48. The lowest BCUT2D eigenvalue weighted by Crippen LogP contribution is -2.30. The van der Waals surface area contributed by atoms with Gasteiger partial charge in [-0.3, -0.25) is 14.4 Å². The zero-order valence-electron chi connectivity index (χ0n) is 41.1. The van der Waals surface area contributed by atoms with Crippen LogP contribution in [0.15, 0.2) is 0 Å². The molecule has 0 radical (unpaired) electrons. The van der Waals surface area contributed by atoms with Gasteiger partial charge in [0.1, 0.15) is 13.2 Å². The molecular weight excluding hydrogens is 745 g/mol. The lowest BCUT2D eigenvalue weighted by atomic mass is 9.99. The Bertz CT molecular complexity index is 918. The maximum atomic E-state index is 12.8. The molecule has 6 nitrogen and oxygen atoms in total. The van der Waals surface area contributed by atoms with Gasteiger partial charge < -0.3 is 14.2 Å². The molecule has 1 unspecified atom stereocenters. The molecule has 0 fully saturated rings. The Morgan fingerprint density at radius 2 is 0.633 bits per heavy atom. The second-order valence-corrected chi connectivity index (χ2v) is 19.2. The van der Waals surface area contributed by atoms with E-state index in [9.17, 15) is 14.4 Å². The van der Waals surface area contributed by atoms with Crippen molar-refractivity contribution >= 4 is 17.9 Å². The first-order valence-corrected chi connectivity index (χ1v) is 26.8. The summed E-state index contributed by atoms with van der Waals surface area (Å²) in [5, 5.41) is 0. The summed E-state index contributed by atoms with van der Waals surface area (Å²) >= 11 is 0. The molecule has 0 bridgehead atoms. The van der Waals surface area contributed by atoms with Crippen LogP contribution in [0, 0.1) is 11.8 Å². The number of ether oxygens (including phenoxy) is 3. The molecule has 0 N–H and O–H groups in total. The SMILES string of the molecule is CCCCCCCCCCCCCCCCCCCCC(=O)OC[C@@H](COC(=O)CCCCCCCCCCCCC(C)CC)OC(=O)CCCCCCCCCC(C)C. The van der Waals surface area contributed by atoms with Crippen molar-refractivity contribution in [2.24, 2.45) is 11.8 Å². The van der Waals surface area contributed by atoms with Crippen LogP contribution in [0.1, 0.15) is 298 Å². The van der Waals surface area contributed by atoms with Crippen molar-refractivity contribution in [1.82, 2.24) is 0 Å². The fraction of sp³-hybridized carbons (Fsp3) is 0.944. The van der Waals surface area contributed by atoms with E-state index in [0.717, 1.165) is 69.6 Å². The van der Waals surface area contributed by atoms with E-state index in [0.29, 0.717) is 19.3 Å². The number of unbranched alkanes of at least 4 members (excludes halogenated alkanes) is 32. The van der Waals surface area contributed by atoms with Crippen LogP contribution in [-0.2, 0) is 28.6 Å². The molecule has 0 aromatic heterocycles. The molecule has 356 valence electrons. The van der Waals surface area contributed by atoms with Crippen molar-refractivity contribution in [1.29, 1.82) is 0 Å². The number of carbonyl (C=O) groups excluding carboxylic acids is 3. The zero-order chi connectivity index (χ0) is 44.0. The highest BCUT2D eigenvalue weighted by Crippen LogP contribution is 2.18. The summed E-state index contributed by atoms with van der Waals surface area (Å²) in [7, 11) is 0. The number of hydrogen-bond acceptors (Lipinski definition) is 6. The molecule has 0 spiro atoms. The van der Waals surface area contributed by atoms with Gasteiger partial charge in [-0.2, -0.15) is 0 Å². The number of carbonyl (C=O) groups is 3. The maximum Gasteiger partial charge on any atom is 0.306 e. The van der Waals surface area contributed by atoms with Crippen LogP contribution in [0.4, 0.5) is 0 Å². The molecule has 0 rings (SSSR count). The van der Waals surface area contributed by atoms with E-state index in [1.807, 2.05) is 0 Å². The molecule has 0 aliphatic carbocycles. The molecule has 6 heteroatoms. The molecule has 0 saturated carbocycles. The van der Waals surface area contributed by atoms with E-state index in [2.05, 4.69) is 34.6 Å². The first-order valence-electron chi connectivity index (χ1n) is 26.8. The largest absolute Gasteiger partial charge is 0.462 e. The highest BCUT2D eigenvalue weighted by molar-refractivity contribution is 5.71. The molecule has 2 atom stereocenters. The van der Waals surface area contributed by atoms with Crippen LogP contribution in [0.5, 0.6) is 0 Å². The summed E-state index contributed by atoms with van der Waals surface area (Å²) in [6, 6.07) is 0. The summed E-state index contributed by atoms with van der Waals surface area (Å²) in [5.74, 6) is 0.797. The normalized spacial score (nSPS) is 12.5. The smallest absolute Gasteiger partial charge is 0.306 e. The second kappa shape index (κ2) is 46.9. The minimum atomic E-state index is -0.762. The van der Waals surface area contributed by atoms with Crippen molar-refractivity contribution in [3.05, 3.63) is 0 Å². The first-order chi connectivity index (χ1) is 29.3. The summed E-state index contributed by atoms with van der Waals surface area (Å²) in [5.41, 5.74) is 0. The molecule has 60 heavy (non-hydrogen) atoms. The Morgan fingerprint density at radius 1 is 0.350 bits per heavy atom. The zero-order valence-corrected chi connectivity index (χ0v) is 41.1. The monoisotopic (exact) mass is 849 g/mol. The van der Waals surface area contributed by atoms with E-state index >= 15 is 0 Å². The van der Waals surface area contributed by atoms with Crippen molar-refractivity contribution in [3.63, 3.8) is 0 Å². The minimum absolute atomic E-state index is 0.0643. The van der Waals surface area contributed by atoms with Crippen molar-refractivity contribution < 1.29 is 28.6 Å². The third-order valence-corrected chi connectivity index (χ3v) is 12.6. The van der Waals surface area contributed by atoms with E-state index < -0.39 is 6.10 Å². The van der Waals surface area contributed by atoms with Crippen molar-refractivity contribution in [2.75, 3.05) is 13.2 Å². The summed E-state index contributed by atoms with van der Waals surface area (Å²) in [6.45, 7) is 11.4. The van der Waals surface area contributed by atoms with Gasteiger partial charge in [-0.15, -0.1) is 0 Å². The van der Waals surface area contributed by atoms with E-state index in [1.165, 1.54) is 186 Å². The third-order valence-electron chi connectivity index (χ3n) is 12.6. The van der Waals surface area contributed by atoms with E-state index in [-0.39, 0.29) is 31.1 Å². The van der Waals surface area contributed by atoms with Gasteiger partial charge in [-0.25, -0.2) is 0 Å². The molecule has 0 heterocycles. The third kappa shape index (κ3) is 45.9. The Labute approximate surface area is 374 Å². The van der Waals surface area contributed by atoms with Gasteiger partial charge in [0.25, 0.3) is 0 Å². The van der Waals surface area contributed by atoms with Gasteiger partial charge in [-0.05, 0) is 31.1 Å². The average Bonchev–Trinajstić information content (AvgIpc) is 3.23. The molecular formula is C54H104O6. The van der Waals surface area contributed by atoms with Crippen molar-refractivity contribution in [2.45, 2.75) is 304 Å². The Morgan fingerprint density at radius 3 is 0.950 bits per heavy atom. The van der Waals surface area contributed by atoms with Crippen LogP contribution in [-0.4, -0.2) is 37.2 Å². The fourth-order valence-corrected chi connectivity index (χ4v) is 8.13. The van der Waals surface area contributed by atoms with Crippen LogP contribution in [0.3, 0.4) is 0 Å². The Hall–Kier alpha value is -1.59. The van der Waals surface area contributed by atoms with E-state index in [1.54, 1.807) is 0 Å². The summed E-state index contributed by atoms with van der Waals surface area (Å²) in [6.07, 6.45) is 48.1. The molecule has 0 aliphatic heterocycles. The van der Waals surface area contributed by atoms with Gasteiger partial charge in [-0.1, -0.05) is 259 Å². The molecule has 0 saturated heterocycles. The lowest BCUT2D eigenvalue weighted by Gasteiger charge is -2.18. The lowest BCUT2D eigenvalue weighted by molar-refractivity contribution is -0.167. The Balaban J connectivity index is 4.25. The van der Waals surface area contributed by atoms with Crippen molar-refractivity contribution in [3.8, 4) is 0 Å². The Kier molecular flexibility index (Phi) is 45.7. The summed E-state index contributed by atoms with van der Waals surface area (Å²) < 4.78 is 16.8. The molecule has 0 amide bonds. The van der Waals surface area contributed by atoms with Gasteiger partial charge >= 0.3 is 17.9 Å². The average molecular weight is 849 g/mol. The first kappa shape index (κ1) is 58.4. The minimum Gasteiger partial charge on any atom is -0.462 e. The highest BCUT2D eigenvalue weighted by atomic mass is 16.6. The van der Waals surface area contributed by atoms with Gasteiger partial charge in [0, 0.05) is 19.3 Å². The van der Waals surface area contributed by atoms with Gasteiger partial charge in [0.15, 0.2) is 6.10 Å². The van der Waals surface area contributed by atoms with Crippen LogP contribution in [0.2, 0.25) is 0 Å². The predicted octanol–water partition coefficient (Wildman–Crippen LogP) is 17.3.